The van der Waals surface area contributed by atoms with Crippen LogP contribution >= 0.6 is 15.9 Å². The maximum atomic E-state index is 13.7. The summed E-state index contributed by atoms with van der Waals surface area (Å²) in [5.74, 6) is -0.233. The standard InChI is InChI=1S/C18H15BrFN3O3/c19-11-9-15(21-10-11)18(25)23-22-17(24)8-6-12-5-7-16(26-12)13-3-1-2-4-14(13)20/h1-5,7,9-10,21H,6,8H2,(H,22,24)(H,23,25). The molecule has 0 atom stereocenters. The number of carbonyl (C=O) groups excluding carboxylic acids is 2. The Morgan fingerprint density at radius 1 is 1.15 bits per heavy atom. The highest BCUT2D eigenvalue weighted by Crippen LogP contribution is 2.25. The number of nitrogens with one attached hydrogen (secondary N) is 3. The summed E-state index contributed by atoms with van der Waals surface area (Å²) in [4.78, 5) is 26.4. The number of benzene rings is 1. The third-order valence-corrected chi connectivity index (χ3v) is 4.07. The zero-order chi connectivity index (χ0) is 18.5. The Kier molecular flexibility index (Phi) is 5.52. The average molecular weight is 420 g/mol. The number of H-pyrrole nitrogens is 1. The van der Waals surface area contributed by atoms with Crippen LogP contribution in [0.2, 0.25) is 0 Å². The second-order valence-corrected chi connectivity index (χ2v) is 6.40. The quantitative estimate of drug-likeness (QED) is 0.552. The van der Waals surface area contributed by atoms with Crippen molar-refractivity contribution < 1.29 is 18.4 Å². The van der Waals surface area contributed by atoms with Gasteiger partial charge in [-0.2, -0.15) is 0 Å². The molecule has 0 aliphatic carbocycles. The van der Waals surface area contributed by atoms with Crippen LogP contribution in [0.4, 0.5) is 4.39 Å². The van der Waals surface area contributed by atoms with E-state index in [1.807, 2.05) is 0 Å². The number of carbonyl (C=O) groups is 2. The lowest BCUT2D eigenvalue weighted by Crippen LogP contribution is -2.41. The van der Waals surface area contributed by atoms with Gasteiger partial charge in [0.1, 0.15) is 23.0 Å². The van der Waals surface area contributed by atoms with Gasteiger partial charge < -0.3 is 9.40 Å². The Bertz CT molecular complexity index is 935. The van der Waals surface area contributed by atoms with Crippen molar-refractivity contribution in [1.82, 2.24) is 15.8 Å². The number of halogens is 2. The number of furan rings is 1. The van der Waals surface area contributed by atoms with E-state index >= 15 is 0 Å². The van der Waals surface area contributed by atoms with E-state index in [0.29, 0.717) is 29.2 Å². The molecule has 0 saturated carbocycles. The van der Waals surface area contributed by atoms with E-state index in [4.69, 9.17) is 4.42 Å². The summed E-state index contributed by atoms with van der Waals surface area (Å²) in [5.41, 5.74) is 5.33. The topological polar surface area (TPSA) is 87.1 Å². The van der Waals surface area contributed by atoms with Gasteiger partial charge in [-0.1, -0.05) is 12.1 Å². The average Bonchev–Trinajstić information content (AvgIpc) is 3.27. The number of aromatic nitrogens is 1. The number of aromatic amines is 1. The summed E-state index contributed by atoms with van der Waals surface area (Å²) in [6.45, 7) is 0. The first-order valence-electron chi connectivity index (χ1n) is 7.79. The molecule has 3 N–H and O–H groups in total. The maximum absolute atomic E-state index is 13.7. The van der Waals surface area contributed by atoms with Gasteiger partial charge in [-0.3, -0.25) is 20.4 Å². The van der Waals surface area contributed by atoms with Crippen molar-refractivity contribution in [1.29, 1.82) is 0 Å². The molecule has 0 aliphatic rings. The van der Waals surface area contributed by atoms with Crippen LogP contribution in [0.25, 0.3) is 11.3 Å². The first-order valence-corrected chi connectivity index (χ1v) is 8.59. The zero-order valence-electron chi connectivity index (χ0n) is 13.5. The Hall–Kier alpha value is -2.87. The predicted molar refractivity (Wildman–Crippen MR) is 96.5 cm³/mol. The fourth-order valence-corrected chi connectivity index (χ4v) is 2.65. The first kappa shape index (κ1) is 17.9. The molecule has 2 heterocycles. The molecule has 2 amide bonds. The van der Waals surface area contributed by atoms with Crippen LogP contribution in [-0.4, -0.2) is 16.8 Å². The highest BCUT2D eigenvalue weighted by Gasteiger charge is 2.12. The number of hydrogen-bond donors (Lipinski definition) is 3. The lowest BCUT2D eigenvalue weighted by atomic mass is 10.1. The molecule has 0 saturated heterocycles. The lowest BCUT2D eigenvalue weighted by molar-refractivity contribution is -0.121. The molecule has 2 aromatic heterocycles. The van der Waals surface area contributed by atoms with E-state index in [2.05, 4.69) is 31.8 Å². The van der Waals surface area contributed by atoms with Crippen molar-refractivity contribution >= 4 is 27.7 Å². The van der Waals surface area contributed by atoms with Gasteiger partial charge in [-0.05, 0) is 46.3 Å². The van der Waals surface area contributed by atoms with Crippen molar-refractivity contribution in [3.8, 4) is 11.3 Å². The molecule has 3 rings (SSSR count). The maximum Gasteiger partial charge on any atom is 0.286 e. The molecule has 0 radical (unpaired) electrons. The van der Waals surface area contributed by atoms with Crippen molar-refractivity contribution in [3.05, 3.63) is 70.4 Å². The van der Waals surface area contributed by atoms with Gasteiger partial charge in [0.2, 0.25) is 5.91 Å². The molecule has 134 valence electrons. The van der Waals surface area contributed by atoms with Gasteiger partial charge >= 0.3 is 0 Å². The van der Waals surface area contributed by atoms with E-state index in [1.54, 1.807) is 42.6 Å². The van der Waals surface area contributed by atoms with Gasteiger partial charge in [-0.15, -0.1) is 0 Å². The molecular formula is C18H15BrFN3O3. The van der Waals surface area contributed by atoms with E-state index < -0.39 is 5.91 Å². The molecule has 6 nitrogen and oxygen atoms in total. The van der Waals surface area contributed by atoms with Crippen LogP contribution in [0.15, 0.2) is 57.6 Å². The fraction of sp³-hybridized carbons (Fsp3) is 0.111. The van der Waals surface area contributed by atoms with Crippen molar-refractivity contribution in [2.24, 2.45) is 0 Å². The summed E-state index contributed by atoms with van der Waals surface area (Å²) in [7, 11) is 0. The summed E-state index contributed by atoms with van der Waals surface area (Å²) in [5, 5.41) is 0. The molecule has 1 aromatic carbocycles. The van der Waals surface area contributed by atoms with E-state index in [0.717, 1.165) is 4.47 Å². The van der Waals surface area contributed by atoms with Gasteiger partial charge in [0, 0.05) is 23.5 Å². The third-order valence-electron chi connectivity index (χ3n) is 3.61. The molecule has 0 spiro atoms. The number of rotatable bonds is 5. The summed E-state index contributed by atoms with van der Waals surface area (Å²) in [6, 6.07) is 11.3. The summed E-state index contributed by atoms with van der Waals surface area (Å²) >= 11 is 3.22. The minimum atomic E-state index is -0.455. The first-order chi connectivity index (χ1) is 12.5. The van der Waals surface area contributed by atoms with Crippen LogP contribution in [0.1, 0.15) is 22.7 Å². The van der Waals surface area contributed by atoms with Gasteiger partial charge in [0.05, 0.1) is 5.56 Å². The van der Waals surface area contributed by atoms with E-state index in [9.17, 15) is 14.0 Å². The molecule has 8 heteroatoms. The number of hydrazine groups is 1. The second-order valence-electron chi connectivity index (χ2n) is 5.48. The minimum absolute atomic E-state index is 0.110. The van der Waals surface area contributed by atoms with Crippen LogP contribution in [0.3, 0.4) is 0 Å². The monoisotopic (exact) mass is 419 g/mol. The zero-order valence-corrected chi connectivity index (χ0v) is 15.1. The Labute approximate surface area is 156 Å². The molecule has 0 unspecified atom stereocenters. The summed E-state index contributed by atoms with van der Waals surface area (Å²) < 4.78 is 20.1. The fourth-order valence-electron chi connectivity index (χ4n) is 2.31. The highest BCUT2D eigenvalue weighted by atomic mass is 79.9. The molecular weight excluding hydrogens is 405 g/mol. The number of hydrogen-bond acceptors (Lipinski definition) is 3. The van der Waals surface area contributed by atoms with Crippen molar-refractivity contribution in [2.45, 2.75) is 12.8 Å². The van der Waals surface area contributed by atoms with Crippen LogP contribution in [-0.2, 0) is 11.2 Å². The smallest absolute Gasteiger partial charge is 0.286 e. The Balaban J connectivity index is 1.49. The number of aryl methyl sites for hydroxylation is 1. The second kappa shape index (κ2) is 8.01. The van der Waals surface area contributed by atoms with Crippen LogP contribution < -0.4 is 10.9 Å². The lowest BCUT2D eigenvalue weighted by Gasteiger charge is -2.05. The largest absolute Gasteiger partial charge is 0.461 e. The van der Waals surface area contributed by atoms with E-state index in [1.165, 1.54) is 6.07 Å². The van der Waals surface area contributed by atoms with Crippen LogP contribution in [0, 0.1) is 5.82 Å². The van der Waals surface area contributed by atoms with Crippen LogP contribution in [0.5, 0.6) is 0 Å². The molecule has 3 aromatic rings. The normalized spacial score (nSPS) is 10.5. The SMILES string of the molecule is O=C(CCc1ccc(-c2ccccc2F)o1)NNC(=O)c1cc(Br)c[nH]1. The minimum Gasteiger partial charge on any atom is -0.461 e. The molecule has 0 fully saturated rings. The Morgan fingerprint density at radius 3 is 2.69 bits per heavy atom. The van der Waals surface area contributed by atoms with Crippen molar-refractivity contribution in [2.75, 3.05) is 0 Å². The summed E-state index contributed by atoms with van der Waals surface area (Å²) in [6.07, 6.45) is 2.05. The van der Waals surface area contributed by atoms with Gasteiger partial charge in [0.15, 0.2) is 0 Å². The van der Waals surface area contributed by atoms with Crippen molar-refractivity contribution in [3.63, 3.8) is 0 Å². The molecule has 0 bridgehead atoms. The van der Waals surface area contributed by atoms with Gasteiger partial charge in [-0.25, -0.2) is 4.39 Å². The van der Waals surface area contributed by atoms with E-state index in [-0.39, 0.29) is 18.1 Å². The molecule has 0 aliphatic heterocycles. The number of amides is 2. The highest BCUT2D eigenvalue weighted by molar-refractivity contribution is 9.10. The third kappa shape index (κ3) is 4.40. The molecule has 26 heavy (non-hydrogen) atoms. The Morgan fingerprint density at radius 2 is 1.96 bits per heavy atom. The van der Waals surface area contributed by atoms with Gasteiger partial charge in [0.25, 0.3) is 5.91 Å². The predicted octanol–water partition coefficient (Wildman–Crippen LogP) is 3.57.